The van der Waals surface area contributed by atoms with Gasteiger partial charge in [0.2, 0.25) is 0 Å². The molecule has 0 heterocycles. The second-order valence-corrected chi connectivity index (χ2v) is 10.8. The summed E-state index contributed by atoms with van der Waals surface area (Å²) in [6.07, 6.45) is 2.97. The highest BCUT2D eigenvalue weighted by atomic mass is 16.6. The van der Waals surface area contributed by atoms with Gasteiger partial charge >= 0.3 is 11.9 Å². The van der Waals surface area contributed by atoms with Gasteiger partial charge in [-0.1, -0.05) is 103 Å². The maximum atomic E-state index is 13.7. The van der Waals surface area contributed by atoms with Crippen LogP contribution in [0.1, 0.15) is 63.9 Å². The first-order chi connectivity index (χ1) is 19.1. The van der Waals surface area contributed by atoms with Crippen LogP contribution in [-0.2, 0) is 20.3 Å². The average molecular weight is 517 g/mol. The highest BCUT2D eigenvalue weighted by molar-refractivity contribution is 5.90. The Morgan fingerprint density at radius 1 is 0.487 bits per heavy atom. The molecule has 196 valence electrons. The normalized spacial score (nSPS) is 25.8. The van der Waals surface area contributed by atoms with E-state index in [1.807, 2.05) is 72.8 Å². The molecule has 0 N–H and O–H groups in total. The Labute approximate surface area is 229 Å². The second kappa shape index (κ2) is 10.5. The highest BCUT2D eigenvalue weighted by Crippen LogP contribution is 2.58. The number of fused-ring (bicyclic) bond motifs is 4. The maximum absolute atomic E-state index is 13.7. The summed E-state index contributed by atoms with van der Waals surface area (Å²) in [6.45, 7) is 0. The molecular weight excluding hydrogens is 484 g/mol. The van der Waals surface area contributed by atoms with E-state index in [9.17, 15) is 9.59 Å². The zero-order valence-electron chi connectivity index (χ0n) is 21.9. The molecule has 7 rings (SSSR count). The zero-order chi connectivity index (χ0) is 26.7. The lowest BCUT2D eigenvalue weighted by Crippen LogP contribution is -2.61. The molecule has 0 saturated heterocycles. The molecule has 0 aromatic heterocycles. The van der Waals surface area contributed by atoms with E-state index in [-0.39, 0.29) is 0 Å². The van der Waals surface area contributed by atoms with Crippen LogP contribution in [0, 0.1) is 0 Å². The standard InChI is InChI=1S/C35H32O4/c36-32(26-14-5-1-6-15-26)38-30-31(39-33(37)27-16-7-2-8-17-27)35(29-20-11-4-12-21-29)23-13-22-34(30,24-25-35)28-18-9-3-10-19-28/h1-12,14-21,30-31H,13,22-25H2. The van der Waals surface area contributed by atoms with E-state index in [2.05, 4.69) is 24.3 Å². The molecule has 4 atom stereocenters. The molecule has 3 fully saturated rings. The molecule has 4 aromatic rings. The van der Waals surface area contributed by atoms with E-state index in [1.54, 1.807) is 24.3 Å². The number of hydrogen-bond donors (Lipinski definition) is 0. The summed E-state index contributed by atoms with van der Waals surface area (Å²) in [5, 5.41) is 0. The van der Waals surface area contributed by atoms with Crippen LogP contribution < -0.4 is 0 Å². The molecular formula is C35H32O4. The van der Waals surface area contributed by atoms with Crippen molar-refractivity contribution < 1.29 is 19.1 Å². The molecule has 4 unspecified atom stereocenters. The molecule has 0 spiro atoms. The number of benzene rings is 4. The van der Waals surface area contributed by atoms with Crippen LogP contribution in [0.15, 0.2) is 121 Å². The molecule has 3 saturated carbocycles. The fourth-order valence-corrected chi connectivity index (χ4v) is 6.87. The topological polar surface area (TPSA) is 52.6 Å². The Bertz CT molecular complexity index is 1310. The lowest BCUT2D eigenvalue weighted by Gasteiger charge is -2.52. The Kier molecular flexibility index (Phi) is 6.78. The minimum atomic E-state index is -0.656. The molecule has 0 amide bonds. The van der Waals surface area contributed by atoms with Gasteiger partial charge in [-0.2, -0.15) is 0 Å². The van der Waals surface area contributed by atoms with Gasteiger partial charge in [0.05, 0.1) is 11.1 Å². The number of hydrogen-bond acceptors (Lipinski definition) is 4. The lowest BCUT2D eigenvalue weighted by molar-refractivity contribution is -0.111. The van der Waals surface area contributed by atoms with Crippen molar-refractivity contribution >= 4 is 11.9 Å². The molecule has 4 aromatic carbocycles. The zero-order valence-corrected chi connectivity index (χ0v) is 21.9. The largest absolute Gasteiger partial charge is 0.454 e. The monoisotopic (exact) mass is 516 g/mol. The van der Waals surface area contributed by atoms with E-state index in [1.165, 1.54) is 0 Å². The van der Waals surface area contributed by atoms with Crippen molar-refractivity contribution in [3.8, 4) is 0 Å². The van der Waals surface area contributed by atoms with Crippen LogP contribution in [0.2, 0.25) is 0 Å². The molecule has 4 heteroatoms. The fourth-order valence-electron chi connectivity index (χ4n) is 6.87. The van der Waals surface area contributed by atoms with Gasteiger partial charge in [-0.3, -0.25) is 0 Å². The van der Waals surface area contributed by atoms with Gasteiger partial charge in [0.15, 0.2) is 0 Å². The number of rotatable bonds is 6. The quantitative estimate of drug-likeness (QED) is 0.253. The number of carbonyl (C=O) groups is 2. The van der Waals surface area contributed by atoms with Crippen molar-refractivity contribution in [1.29, 1.82) is 0 Å². The van der Waals surface area contributed by atoms with Crippen molar-refractivity contribution in [2.45, 2.75) is 55.1 Å². The highest BCUT2D eigenvalue weighted by Gasteiger charge is 2.62. The molecule has 3 aliphatic rings. The SMILES string of the molecule is O=C(OC1C(OC(=O)c2ccccc2)C2(c3ccccc3)CCCC1(c1ccccc1)CC2)c1ccccc1. The Balaban J connectivity index is 1.51. The van der Waals surface area contributed by atoms with E-state index < -0.39 is 35.0 Å². The van der Waals surface area contributed by atoms with Crippen LogP contribution in [-0.4, -0.2) is 24.1 Å². The molecule has 0 radical (unpaired) electrons. The minimum absolute atomic E-state index is 0.396. The third-order valence-electron chi connectivity index (χ3n) is 8.81. The van der Waals surface area contributed by atoms with Crippen LogP contribution in [0.4, 0.5) is 0 Å². The van der Waals surface area contributed by atoms with E-state index in [4.69, 9.17) is 9.47 Å². The number of esters is 2. The summed E-state index contributed by atoms with van der Waals surface area (Å²) in [7, 11) is 0. The van der Waals surface area contributed by atoms with Crippen molar-refractivity contribution in [3.63, 3.8) is 0 Å². The lowest BCUT2D eigenvalue weighted by atomic mass is 9.57. The van der Waals surface area contributed by atoms with Gasteiger partial charge < -0.3 is 9.47 Å². The van der Waals surface area contributed by atoms with Crippen LogP contribution in [0.25, 0.3) is 0 Å². The fraction of sp³-hybridized carbons (Fsp3) is 0.257. The van der Waals surface area contributed by atoms with Crippen molar-refractivity contribution in [3.05, 3.63) is 144 Å². The predicted octanol–water partition coefficient (Wildman–Crippen LogP) is 7.29. The van der Waals surface area contributed by atoms with Gasteiger partial charge in [0.1, 0.15) is 12.2 Å². The average Bonchev–Trinajstić information content (AvgIpc) is 3.29. The Morgan fingerprint density at radius 2 is 0.821 bits per heavy atom. The summed E-state index contributed by atoms with van der Waals surface area (Å²) < 4.78 is 13.1. The van der Waals surface area contributed by atoms with Gasteiger partial charge in [-0.15, -0.1) is 0 Å². The summed E-state index contributed by atoms with van der Waals surface area (Å²) in [5.41, 5.74) is 2.29. The van der Waals surface area contributed by atoms with Crippen LogP contribution >= 0.6 is 0 Å². The first-order valence-corrected chi connectivity index (χ1v) is 13.8. The summed E-state index contributed by atoms with van der Waals surface area (Å²) >= 11 is 0. The van der Waals surface area contributed by atoms with Crippen molar-refractivity contribution in [1.82, 2.24) is 0 Å². The molecule has 39 heavy (non-hydrogen) atoms. The van der Waals surface area contributed by atoms with E-state index in [0.29, 0.717) is 11.1 Å². The predicted molar refractivity (Wildman–Crippen MR) is 151 cm³/mol. The Morgan fingerprint density at radius 3 is 1.18 bits per heavy atom. The smallest absolute Gasteiger partial charge is 0.338 e. The molecule has 4 nitrogen and oxygen atoms in total. The number of carbonyl (C=O) groups excluding carboxylic acids is 2. The first kappa shape index (κ1) is 25.1. The van der Waals surface area contributed by atoms with Gasteiger partial charge in [0.25, 0.3) is 0 Å². The first-order valence-electron chi connectivity index (χ1n) is 13.8. The van der Waals surface area contributed by atoms with Gasteiger partial charge in [0, 0.05) is 10.8 Å². The van der Waals surface area contributed by atoms with Crippen LogP contribution in [0.5, 0.6) is 0 Å². The summed E-state index contributed by atoms with van der Waals surface area (Å²) in [5.74, 6) is -0.792. The van der Waals surface area contributed by atoms with E-state index in [0.717, 1.165) is 43.2 Å². The minimum Gasteiger partial charge on any atom is -0.454 e. The van der Waals surface area contributed by atoms with Crippen molar-refractivity contribution in [2.75, 3.05) is 0 Å². The van der Waals surface area contributed by atoms with Crippen LogP contribution in [0.3, 0.4) is 0 Å². The third kappa shape index (κ3) is 4.54. The summed E-state index contributed by atoms with van der Waals surface area (Å²) in [6, 6.07) is 38.8. The molecule has 3 aliphatic carbocycles. The van der Waals surface area contributed by atoms with Gasteiger partial charge in [-0.25, -0.2) is 9.59 Å². The number of ether oxygens (including phenoxy) is 2. The second-order valence-electron chi connectivity index (χ2n) is 10.8. The van der Waals surface area contributed by atoms with E-state index >= 15 is 0 Å². The Hall–Kier alpha value is -4.18. The summed E-state index contributed by atoms with van der Waals surface area (Å²) in [4.78, 5) is 27.3. The van der Waals surface area contributed by atoms with Crippen molar-refractivity contribution in [2.24, 2.45) is 0 Å². The molecule has 2 bridgehead atoms. The maximum Gasteiger partial charge on any atom is 0.338 e. The third-order valence-corrected chi connectivity index (χ3v) is 8.81. The van der Waals surface area contributed by atoms with Gasteiger partial charge in [-0.05, 0) is 61.1 Å². The molecule has 0 aliphatic heterocycles.